The van der Waals surface area contributed by atoms with Crippen LogP contribution in [0.5, 0.6) is 0 Å². The fraction of sp³-hybridized carbons (Fsp3) is 0.533. The van der Waals surface area contributed by atoms with E-state index >= 15 is 0 Å². The lowest BCUT2D eigenvalue weighted by molar-refractivity contribution is -0.126. The summed E-state index contributed by atoms with van der Waals surface area (Å²) < 4.78 is 0. The predicted octanol–water partition coefficient (Wildman–Crippen LogP) is 1.24. The molecule has 0 bridgehead atoms. The van der Waals surface area contributed by atoms with Gasteiger partial charge < -0.3 is 11.1 Å². The standard InChI is InChI=1S/C15H23N3OS/c16-7-4-8-17-15(19)14(13-5-2-1-3-6-13)18-9-11-20-12-10-18/h1-3,5-6,14H,4,7-12,16H2,(H,17,19). The van der Waals surface area contributed by atoms with Crippen molar-refractivity contribution in [3.8, 4) is 0 Å². The molecule has 0 aromatic heterocycles. The van der Waals surface area contributed by atoms with E-state index in [4.69, 9.17) is 5.73 Å². The molecule has 1 aliphatic heterocycles. The summed E-state index contributed by atoms with van der Waals surface area (Å²) in [6, 6.07) is 9.88. The average Bonchev–Trinajstić information content (AvgIpc) is 2.50. The number of carbonyl (C=O) groups is 1. The van der Waals surface area contributed by atoms with Gasteiger partial charge in [-0.05, 0) is 18.5 Å². The van der Waals surface area contributed by atoms with Gasteiger partial charge >= 0.3 is 0 Å². The summed E-state index contributed by atoms with van der Waals surface area (Å²) in [5.41, 5.74) is 6.55. The van der Waals surface area contributed by atoms with Crippen LogP contribution in [-0.4, -0.2) is 48.5 Å². The SMILES string of the molecule is NCCCNC(=O)C(c1ccccc1)N1CCSCC1. The number of amides is 1. The van der Waals surface area contributed by atoms with E-state index in [9.17, 15) is 4.79 Å². The van der Waals surface area contributed by atoms with Gasteiger partial charge in [0.2, 0.25) is 5.91 Å². The highest BCUT2D eigenvalue weighted by Crippen LogP contribution is 2.24. The number of nitrogens with two attached hydrogens (primary N) is 1. The van der Waals surface area contributed by atoms with Crippen LogP contribution in [0.15, 0.2) is 30.3 Å². The Balaban J connectivity index is 2.09. The van der Waals surface area contributed by atoms with Crippen LogP contribution >= 0.6 is 11.8 Å². The lowest BCUT2D eigenvalue weighted by Crippen LogP contribution is -2.44. The van der Waals surface area contributed by atoms with Crippen LogP contribution in [0.25, 0.3) is 0 Å². The van der Waals surface area contributed by atoms with Gasteiger partial charge in [0.25, 0.3) is 0 Å². The molecule has 0 spiro atoms. The summed E-state index contributed by atoms with van der Waals surface area (Å²) >= 11 is 1.95. The minimum Gasteiger partial charge on any atom is -0.354 e. The van der Waals surface area contributed by atoms with Crippen molar-refractivity contribution in [2.24, 2.45) is 5.73 Å². The molecule has 2 rings (SSSR count). The molecule has 3 N–H and O–H groups in total. The monoisotopic (exact) mass is 293 g/mol. The fourth-order valence-corrected chi connectivity index (χ4v) is 3.34. The summed E-state index contributed by atoms with van der Waals surface area (Å²) in [4.78, 5) is 14.8. The molecule has 1 heterocycles. The number of nitrogens with one attached hydrogen (secondary N) is 1. The first-order valence-electron chi connectivity index (χ1n) is 7.17. The highest BCUT2D eigenvalue weighted by Gasteiger charge is 2.28. The van der Waals surface area contributed by atoms with Crippen LogP contribution in [-0.2, 0) is 4.79 Å². The normalized spacial score (nSPS) is 17.6. The highest BCUT2D eigenvalue weighted by molar-refractivity contribution is 7.99. The molecule has 1 aromatic rings. The number of hydrogen-bond donors (Lipinski definition) is 2. The summed E-state index contributed by atoms with van der Waals surface area (Å²) in [5, 5.41) is 3.01. The molecule has 5 heteroatoms. The first-order valence-corrected chi connectivity index (χ1v) is 8.33. The van der Waals surface area contributed by atoms with Gasteiger partial charge in [0, 0.05) is 31.1 Å². The van der Waals surface area contributed by atoms with E-state index in [1.807, 2.05) is 42.1 Å². The van der Waals surface area contributed by atoms with Gasteiger partial charge in [0.05, 0.1) is 0 Å². The molecule has 1 aromatic carbocycles. The van der Waals surface area contributed by atoms with Crippen molar-refractivity contribution in [2.75, 3.05) is 37.7 Å². The van der Waals surface area contributed by atoms with Crippen LogP contribution in [0.2, 0.25) is 0 Å². The molecule has 1 saturated heterocycles. The van der Waals surface area contributed by atoms with Crippen molar-refractivity contribution in [1.82, 2.24) is 10.2 Å². The molecular weight excluding hydrogens is 270 g/mol. The Morgan fingerprint density at radius 3 is 2.65 bits per heavy atom. The summed E-state index contributed by atoms with van der Waals surface area (Å²) in [5.74, 6) is 2.29. The number of hydrogen-bond acceptors (Lipinski definition) is 4. The molecular formula is C15H23N3OS. The number of benzene rings is 1. The van der Waals surface area contributed by atoms with E-state index in [-0.39, 0.29) is 11.9 Å². The Labute approximate surface area is 125 Å². The molecule has 20 heavy (non-hydrogen) atoms. The zero-order chi connectivity index (χ0) is 14.2. The Bertz CT molecular complexity index is 407. The zero-order valence-corrected chi connectivity index (χ0v) is 12.6. The first kappa shape index (κ1) is 15.4. The first-order chi connectivity index (χ1) is 9.83. The van der Waals surface area contributed by atoms with Crippen molar-refractivity contribution in [3.05, 3.63) is 35.9 Å². The third-order valence-corrected chi connectivity index (χ3v) is 4.40. The second kappa shape index (κ2) is 8.29. The molecule has 1 fully saturated rings. The Hall–Kier alpha value is -1.04. The Morgan fingerprint density at radius 1 is 1.30 bits per heavy atom. The molecule has 0 radical (unpaired) electrons. The van der Waals surface area contributed by atoms with Gasteiger partial charge in [0.1, 0.15) is 6.04 Å². The second-order valence-corrected chi connectivity index (χ2v) is 6.12. The third-order valence-electron chi connectivity index (χ3n) is 3.45. The van der Waals surface area contributed by atoms with Crippen LogP contribution in [0.3, 0.4) is 0 Å². The van der Waals surface area contributed by atoms with E-state index in [1.54, 1.807) is 0 Å². The Morgan fingerprint density at radius 2 is 2.00 bits per heavy atom. The maximum Gasteiger partial charge on any atom is 0.241 e. The van der Waals surface area contributed by atoms with E-state index in [0.717, 1.165) is 36.6 Å². The van der Waals surface area contributed by atoms with Crippen LogP contribution in [0.4, 0.5) is 0 Å². The van der Waals surface area contributed by atoms with Crippen molar-refractivity contribution in [1.29, 1.82) is 0 Å². The Kier molecular flexibility index (Phi) is 6.36. The van der Waals surface area contributed by atoms with Crippen LogP contribution < -0.4 is 11.1 Å². The minimum absolute atomic E-state index is 0.0940. The lowest BCUT2D eigenvalue weighted by atomic mass is 10.0. The highest BCUT2D eigenvalue weighted by atomic mass is 32.2. The quantitative estimate of drug-likeness (QED) is 0.775. The number of carbonyl (C=O) groups excluding carboxylic acids is 1. The van der Waals surface area contributed by atoms with Gasteiger partial charge in [-0.15, -0.1) is 0 Å². The fourth-order valence-electron chi connectivity index (χ4n) is 2.41. The molecule has 4 nitrogen and oxygen atoms in total. The van der Waals surface area contributed by atoms with E-state index in [1.165, 1.54) is 0 Å². The summed E-state index contributed by atoms with van der Waals surface area (Å²) in [6.45, 7) is 3.20. The maximum absolute atomic E-state index is 12.5. The summed E-state index contributed by atoms with van der Waals surface area (Å²) in [7, 11) is 0. The van der Waals surface area contributed by atoms with E-state index in [0.29, 0.717) is 13.1 Å². The molecule has 1 unspecified atom stereocenters. The van der Waals surface area contributed by atoms with Crippen LogP contribution in [0, 0.1) is 0 Å². The van der Waals surface area contributed by atoms with Crippen molar-refractivity contribution in [3.63, 3.8) is 0 Å². The average molecular weight is 293 g/mol. The number of thioether (sulfide) groups is 1. The predicted molar refractivity (Wildman–Crippen MR) is 84.8 cm³/mol. The maximum atomic E-state index is 12.5. The second-order valence-electron chi connectivity index (χ2n) is 4.89. The molecule has 1 aliphatic rings. The van der Waals surface area contributed by atoms with Gasteiger partial charge in [0.15, 0.2) is 0 Å². The van der Waals surface area contributed by atoms with Crippen molar-refractivity contribution >= 4 is 17.7 Å². The molecule has 110 valence electrons. The third kappa shape index (κ3) is 4.23. The molecule has 1 atom stereocenters. The summed E-state index contributed by atoms with van der Waals surface area (Å²) in [6.07, 6.45) is 0.823. The van der Waals surface area contributed by atoms with E-state index < -0.39 is 0 Å². The van der Waals surface area contributed by atoms with E-state index in [2.05, 4.69) is 10.2 Å². The van der Waals surface area contributed by atoms with Gasteiger partial charge in [-0.25, -0.2) is 0 Å². The largest absolute Gasteiger partial charge is 0.354 e. The van der Waals surface area contributed by atoms with Crippen molar-refractivity contribution in [2.45, 2.75) is 12.5 Å². The molecule has 0 aliphatic carbocycles. The van der Waals surface area contributed by atoms with Gasteiger partial charge in [-0.1, -0.05) is 30.3 Å². The smallest absolute Gasteiger partial charge is 0.241 e. The molecule has 1 amide bonds. The minimum atomic E-state index is -0.171. The van der Waals surface area contributed by atoms with Gasteiger partial charge in [-0.3, -0.25) is 9.69 Å². The van der Waals surface area contributed by atoms with Crippen molar-refractivity contribution < 1.29 is 4.79 Å². The topological polar surface area (TPSA) is 58.4 Å². The number of nitrogens with zero attached hydrogens (tertiary/aromatic N) is 1. The molecule has 0 saturated carbocycles. The van der Waals surface area contributed by atoms with Crippen LogP contribution in [0.1, 0.15) is 18.0 Å². The van der Waals surface area contributed by atoms with Gasteiger partial charge in [-0.2, -0.15) is 11.8 Å². The zero-order valence-electron chi connectivity index (χ0n) is 11.8. The number of rotatable bonds is 6. The lowest BCUT2D eigenvalue weighted by Gasteiger charge is -2.33.